The van der Waals surface area contributed by atoms with Gasteiger partial charge in [-0.15, -0.1) is 0 Å². The van der Waals surface area contributed by atoms with Crippen molar-refractivity contribution in [1.29, 1.82) is 0 Å². The van der Waals surface area contributed by atoms with Crippen LogP contribution in [0.5, 0.6) is 0 Å². The first-order valence-corrected chi connectivity index (χ1v) is 5.04. The van der Waals surface area contributed by atoms with E-state index in [1.165, 1.54) is 7.05 Å². The number of hydrogen-bond donors (Lipinski definition) is 2. The fourth-order valence-electron chi connectivity index (χ4n) is 1.33. The monoisotopic (exact) mass is 253 g/mol. The SMILES string of the molecule is CN(CC(=O)NCC(F)(F)F)C(=O)C1CC1N. The average Bonchev–Trinajstić information content (AvgIpc) is 2.90. The third-order valence-corrected chi connectivity index (χ3v) is 2.40. The highest BCUT2D eigenvalue weighted by Crippen LogP contribution is 2.29. The molecular weight excluding hydrogens is 239 g/mol. The van der Waals surface area contributed by atoms with E-state index in [0.29, 0.717) is 6.42 Å². The van der Waals surface area contributed by atoms with Crippen molar-refractivity contribution in [1.82, 2.24) is 10.2 Å². The highest BCUT2D eigenvalue weighted by Gasteiger charge is 2.41. The molecule has 1 aliphatic carbocycles. The number of halogens is 3. The second kappa shape index (κ2) is 4.91. The molecule has 3 N–H and O–H groups in total. The molecule has 1 rings (SSSR count). The van der Waals surface area contributed by atoms with Crippen LogP contribution in [0, 0.1) is 5.92 Å². The number of likely N-dealkylation sites (N-methyl/N-ethyl adjacent to an activating group) is 1. The van der Waals surface area contributed by atoms with Crippen molar-refractivity contribution in [3.8, 4) is 0 Å². The van der Waals surface area contributed by atoms with Crippen molar-refractivity contribution in [3.63, 3.8) is 0 Å². The summed E-state index contributed by atoms with van der Waals surface area (Å²) in [5.41, 5.74) is 5.45. The van der Waals surface area contributed by atoms with Crippen LogP contribution in [0.3, 0.4) is 0 Å². The van der Waals surface area contributed by atoms with Crippen LogP contribution in [0.25, 0.3) is 0 Å². The van der Waals surface area contributed by atoms with Crippen LogP contribution in [-0.2, 0) is 9.59 Å². The molecule has 0 saturated heterocycles. The van der Waals surface area contributed by atoms with E-state index in [1.807, 2.05) is 0 Å². The first kappa shape index (κ1) is 13.8. The minimum absolute atomic E-state index is 0.191. The quantitative estimate of drug-likeness (QED) is 0.707. The van der Waals surface area contributed by atoms with Gasteiger partial charge in [0, 0.05) is 13.1 Å². The van der Waals surface area contributed by atoms with E-state index in [9.17, 15) is 22.8 Å². The lowest BCUT2D eigenvalue weighted by molar-refractivity contribution is -0.142. The standard InChI is InChI=1S/C9H14F3N3O2/c1-15(8(17)5-2-6(5)13)3-7(16)14-4-9(10,11)12/h5-6H,2-4,13H2,1H3,(H,14,16). The number of nitrogens with zero attached hydrogens (tertiary/aromatic N) is 1. The third-order valence-electron chi connectivity index (χ3n) is 2.40. The minimum Gasteiger partial charge on any atom is -0.345 e. The van der Waals surface area contributed by atoms with Gasteiger partial charge in [-0.1, -0.05) is 0 Å². The highest BCUT2D eigenvalue weighted by molar-refractivity contribution is 5.87. The lowest BCUT2D eigenvalue weighted by Gasteiger charge is -2.17. The van der Waals surface area contributed by atoms with Crippen molar-refractivity contribution >= 4 is 11.8 Å². The summed E-state index contributed by atoms with van der Waals surface area (Å²) in [5, 5.41) is 1.69. The lowest BCUT2D eigenvalue weighted by Crippen LogP contribution is -2.42. The zero-order valence-corrected chi connectivity index (χ0v) is 9.25. The molecule has 1 saturated carbocycles. The van der Waals surface area contributed by atoms with Crippen molar-refractivity contribution < 1.29 is 22.8 Å². The smallest absolute Gasteiger partial charge is 0.345 e. The second-order valence-electron chi connectivity index (χ2n) is 4.09. The molecule has 5 nitrogen and oxygen atoms in total. The largest absolute Gasteiger partial charge is 0.405 e. The number of carbonyl (C=O) groups is 2. The Hall–Kier alpha value is -1.31. The molecule has 0 aromatic heterocycles. The van der Waals surface area contributed by atoms with Gasteiger partial charge in [-0.05, 0) is 6.42 Å². The van der Waals surface area contributed by atoms with Gasteiger partial charge in [-0.3, -0.25) is 9.59 Å². The summed E-state index contributed by atoms with van der Waals surface area (Å²) in [4.78, 5) is 23.7. The summed E-state index contributed by atoms with van der Waals surface area (Å²) in [6.45, 7) is -1.78. The predicted octanol–water partition coefficient (Wildman–Crippen LogP) is -0.529. The normalized spacial score (nSPS) is 23.1. The first-order valence-electron chi connectivity index (χ1n) is 5.04. The maximum absolute atomic E-state index is 11.8. The topological polar surface area (TPSA) is 75.4 Å². The molecule has 2 atom stereocenters. The Balaban J connectivity index is 2.28. The van der Waals surface area contributed by atoms with Crippen LogP contribution < -0.4 is 11.1 Å². The molecule has 17 heavy (non-hydrogen) atoms. The predicted molar refractivity (Wildman–Crippen MR) is 52.8 cm³/mol. The molecule has 8 heteroatoms. The number of alkyl halides is 3. The van der Waals surface area contributed by atoms with Gasteiger partial charge in [0.2, 0.25) is 11.8 Å². The number of nitrogens with one attached hydrogen (secondary N) is 1. The molecule has 0 radical (unpaired) electrons. The third kappa shape index (κ3) is 4.59. The van der Waals surface area contributed by atoms with Gasteiger partial charge in [0.25, 0.3) is 0 Å². The Kier molecular flexibility index (Phi) is 3.97. The van der Waals surface area contributed by atoms with Gasteiger partial charge < -0.3 is 16.0 Å². The fraction of sp³-hybridized carbons (Fsp3) is 0.778. The van der Waals surface area contributed by atoms with Gasteiger partial charge in [-0.25, -0.2) is 0 Å². The van der Waals surface area contributed by atoms with Crippen LogP contribution in [0.2, 0.25) is 0 Å². The Morgan fingerprint density at radius 2 is 2.00 bits per heavy atom. The maximum atomic E-state index is 11.8. The Morgan fingerprint density at radius 3 is 2.41 bits per heavy atom. The van der Waals surface area contributed by atoms with Crippen molar-refractivity contribution in [2.24, 2.45) is 11.7 Å². The number of nitrogens with two attached hydrogens (primary N) is 1. The van der Waals surface area contributed by atoms with Crippen LogP contribution in [0.1, 0.15) is 6.42 Å². The van der Waals surface area contributed by atoms with Gasteiger partial charge in [0.05, 0.1) is 12.5 Å². The molecule has 98 valence electrons. The minimum atomic E-state index is -4.45. The molecule has 2 unspecified atom stereocenters. The number of amides is 2. The Morgan fingerprint density at radius 1 is 1.47 bits per heavy atom. The van der Waals surface area contributed by atoms with Crippen LogP contribution >= 0.6 is 0 Å². The second-order valence-corrected chi connectivity index (χ2v) is 4.09. The lowest BCUT2D eigenvalue weighted by atomic mass is 10.3. The van der Waals surface area contributed by atoms with Crippen LogP contribution in [-0.4, -0.2) is 49.1 Å². The van der Waals surface area contributed by atoms with E-state index in [0.717, 1.165) is 4.90 Å². The summed E-state index contributed by atoms with van der Waals surface area (Å²) in [7, 11) is 1.36. The van der Waals surface area contributed by atoms with Crippen LogP contribution in [0.15, 0.2) is 0 Å². The summed E-state index contributed by atoms with van der Waals surface area (Å²) in [6.07, 6.45) is -3.88. The molecule has 1 aliphatic rings. The number of carbonyl (C=O) groups excluding carboxylic acids is 2. The Bertz CT molecular complexity index is 319. The summed E-state index contributed by atoms with van der Waals surface area (Å²) < 4.78 is 35.4. The van der Waals surface area contributed by atoms with Gasteiger partial charge >= 0.3 is 6.18 Å². The summed E-state index contributed by atoms with van der Waals surface area (Å²) >= 11 is 0. The first-order chi connectivity index (χ1) is 7.70. The molecule has 0 heterocycles. The van der Waals surface area contributed by atoms with Crippen LogP contribution in [0.4, 0.5) is 13.2 Å². The molecule has 0 aromatic rings. The molecule has 0 spiro atoms. The number of hydrogen-bond acceptors (Lipinski definition) is 3. The summed E-state index contributed by atoms with van der Waals surface area (Å²) in [6, 6.07) is -0.191. The van der Waals surface area contributed by atoms with Gasteiger partial charge in [-0.2, -0.15) is 13.2 Å². The zero-order chi connectivity index (χ0) is 13.2. The van der Waals surface area contributed by atoms with Crippen molar-refractivity contribution in [2.45, 2.75) is 18.6 Å². The van der Waals surface area contributed by atoms with E-state index in [-0.39, 0.29) is 17.9 Å². The molecule has 0 bridgehead atoms. The van der Waals surface area contributed by atoms with Gasteiger partial charge in [0.15, 0.2) is 0 Å². The Labute approximate surface area is 96.1 Å². The van der Waals surface area contributed by atoms with E-state index in [2.05, 4.69) is 0 Å². The molecule has 2 amide bonds. The van der Waals surface area contributed by atoms with E-state index in [4.69, 9.17) is 5.73 Å². The van der Waals surface area contributed by atoms with E-state index in [1.54, 1.807) is 5.32 Å². The van der Waals surface area contributed by atoms with Crippen molar-refractivity contribution in [2.75, 3.05) is 20.1 Å². The molecular formula is C9H14F3N3O2. The molecule has 0 aliphatic heterocycles. The fourth-order valence-corrected chi connectivity index (χ4v) is 1.33. The highest BCUT2D eigenvalue weighted by atomic mass is 19.4. The summed E-state index contributed by atoms with van der Waals surface area (Å²) in [5.74, 6) is -1.44. The molecule has 1 fully saturated rings. The van der Waals surface area contributed by atoms with E-state index < -0.39 is 25.2 Å². The molecule has 0 aromatic carbocycles. The number of rotatable bonds is 4. The zero-order valence-electron chi connectivity index (χ0n) is 9.25. The van der Waals surface area contributed by atoms with E-state index >= 15 is 0 Å². The van der Waals surface area contributed by atoms with Crippen molar-refractivity contribution in [3.05, 3.63) is 0 Å². The van der Waals surface area contributed by atoms with Gasteiger partial charge in [0.1, 0.15) is 6.54 Å². The maximum Gasteiger partial charge on any atom is 0.405 e. The average molecular weight is 253 g/mol.